The van der Waals surface area contributed by atoms with E-state index >= 15 is 0 Å². The van der Waals surface area contributed by atoms with Gasteiger partial charge in [0.05, 0.1) is 0 Å². The molecule has 0 aliphatic carbocycles. The maximum atomic E-state index is 13.7. The van der Waals surface area contributed by atoms with Gasteiger partial charge in [-0.05, 0) is 61.8 Å². The molecule has 4 rings (SSSR count). The zero-order chi connectivity index (χ0) is 32.0. The molecule has 220 valence electrons. The summed E-state index contributed by atoms with van der Waals surface area (Å²) in [4.78, 5) is 57.7. The van der Waals surface area contributed by atoms with Gasteiger partial charge in [-0.2, -0.15) is 0 Å². The number of likely N-dealkylation sites (N-methyl/N-ethyl adjacent to an activating group) is 1. The summed E-state index contributed by atoms with van der Waals surface area (Å²) in [5.41, 5.74) is 8.93. The smallest absolute Gasteiger partial charge is 0.246 e. The molecule has 10 nitrogen and oxygen atoms in total. The molecule has 1 fully saturated rings. The molecule has 0 aromatic heterocycles. The number of amides is 4. The van der Waals surface area contributed by atoms with Crippen molar-refractivity contribution in [3.63, 3.8) is 0 Å². The van der Waals surface area contributed by atoms with Crippen molar-refractivity contribution < 1.29 is 23.3 Å². The number of rotatable bonds is 9. The summed E-state index contributed by atoms with van der Waals surface area (Å²) < 4.78 is 22.6. The first-order valence-corrected chi connectivity index (χ1v) is 14.2. The largest absolute Gasteiger partial charge is 0.342 e. The molecule has 11 heteroatoms. The van der Waals surface area contributed by atoms with Crippen LogP contribution in [0, 0.1) is 6.92 Å². The number of aryl methyl sites for hydroxylation is 1. The third-order valence-electron chi connectivity index (χ3n) is 7.57. The predicted molar refractivity (Wildman–Crippen MR) is 158 cm³/mol. The number of hydrogen-bond acceptors (Lipinski definition) is 6. The van der Waals surface area contributed by atoms with E-state index in [1.54, 1.807) is 23.1 Å². The number of nitrogens with two attached hydrogens (primary N) is 1. The standard InChI is InChI=1S/C30H39ClN6O4/c1-20-17-23(7-8-24(20)31)33-29(40)25(11-12-32)34-30(41)26-18-21-5-3-4-6-22(21)19-37(26)28(39)10-9-27(38)36-15-13-35(2)14-16-36/h3-8,17,25-26H,9-16,18-19,32H2,1-2H3,(H,33,40)(H,34,41)/t25-,26-/m0/s1/i2D3. The van der Waals surface area contributed by atoms with E-state index in [9.17, 15) is 19.2 Å². The molecule has 4 N–H and O–H groups in total. The molecule has 0 radical (unpaired) electrons. The first kappa shape index (κ1) is 26.4. The molecule has 2 aromatic rings. The van der Waals surface area contributed by atoms with Gasteiger partial charge in [0, 0.05) is 66.8 Å². The molecule has 1 saturated heterocycles. The van der Waals surface area contributed by atoms with Gasteiger partial charge in [-0.25, -0.2) is 0 Å². The molecule has 4 amide bonds. The monoisotopic (exact) mass is 585 g/mol. The lowest BCUT2D eigenvalue weighted by atomic mass is 9.92. The maximum absolute atomic E-state index is 13.7. The molecule has 0 saturated carbocycles. The molecule has 2 aliphatic rings. The molecular formula is C30H39ClN6O4. The van der Waals surface area contributed by atoms with E-state index in [4.69, 9.17) is 21.4 Å². The van der Waals surface area contributed by atoms with Gasteiger partial charge in [0.2, 0.25) is 23.6 Å². The van der Waals surface area contributed by atoms with Crippen LogP contribution in [0.25, 0.3) is 0 Å². The Hall–Kier alpha value is -3.47. The van der Waals surface area contributed by atoms with Crippen LogP contribution in [-0.4, -0.2) is 90.1 Å². The quantitative estimate of drug-likeness (QED) is 0.413. The van der Waals surface area contributed by atoms with E-state index in [0.29, 0.717) is 10.7 Å². The minimum Gasteiger partial charge on any atom is -0.342 e. The number of benzene rings is 2. The van der Waals surface area contributed by atoms with Crippen molar-refractivity contribution in [2.75, 3.05) is 45.0 Å². The van der Waals surface area contributed by atoms with Gasteiger partial charge in [0.25, 0.3) is 0 Å². The summed E-state index contributed by atoms with van der Waals surface area (Å²) in [6, 6.07) is 10.8. The average Bonchev–Trinajstić information content (AvgIpc) is 3.00. The lowest BCUT2D eigenvalue weighted by molar-refractivity contribution is -0.144. The second-order valence-electron chi connectivity index (χ2n) is 10.5. The van der Waals surface area contributed by atoms with Crippen LogP contribution in [0.2, 0.25) is 5.02 Å². The van der Waals surface area contributed by atoms with Crippen LogP contribution >= 0.6 is 11.6 Å². The van der Waals surface area contributed by atoms with Crippen molar-refractivity contribution in [3.8, 4) is 0 Å². The molecule has 2 heterocycles. The van der Waals surface area contributed by atoms with Crippen molar-refractivity contribution >= 4 is 40.9 Å². The van der Waals surface area contributed by atoms with Crippen molar-refractivity contribution in [2.45, 2.75) is 51.2 Å². The topological polar surface area (TPSA) is 128 Å². The molecule has 0 spiro atoms. The van der Waals surface area contributed by atoms with Crippen molar-refractivity contribution in [1.82, 2.24) is 20.0 Å². The van der Waals surface area contributed by atoms with Crippen LogP contribution in [0.1, 0.15) is 40.1 Å². The summed E-state index contributed by atoms with van der Waals surface area (Å²) in [5, 5.41) is 6.17. The van der Waals surface area contributed by atoms with Gasteiger partial charge in [0.15, 0.2) is 0 Å². The molecule has 0 bridgehead atoms. The Balaban J connectivity index is 1.42. The normalized spacial score (nSPS) is 19.3. The van der Waals surface area contributed by atoms with Gasteiger partial charge >= 0.3 is 0 Å². The Bertz CT molecular complexity index is 1380. The Morgan fingerprint density at radius 3 is 2.44 bits per heavy atom. The number of piperazine rings is 1. The Labute approximate surface area is 250 Å². The summed E-state index contributed by atoms with van der Waals surface area (Å²) in [7, 11) is 0. The van der Waals surface area contributed by atoms with Crippen molar-refractivity contribution in [2.24, 2.45) is 5.73 Å². The van der Waals surface area contributed by atoms with Crippen LogP contribution in [0.3, 0.4) is 0 Å². The fraction of sp³-hybridized carbons (Fsp3) is 0.467. The minimum atomic E-state index is -2.20. The van der Waals surface area contributed by atoms with Crippen LogP contribution < -0.4 is 16.4 Å². The first-order chi connectivity index (χ1) is 20.9. The summed E-state index contributed by atoms with van der Waals surface area (Å²) in [5.74, 6) is -1.52. The zero-order valence-corrected chi connectivity index (χ0v) is 24.0. The molecule has 41 heavy (non-hydrogen) atoms. The minimum absolute atomic E-state index is 0.0577. The van der Waals surface area contributed by atoms with Gasteiger partial charge < -0.3 is 31.1 Å². The Morgan fingerprint density at radius 1 is 1.05 bits per heavy atom. The SMILES string of the molecule is [2H]C([2H])([2H])N1CCN(C(=O)CCC(=O)N2Cc3ccccc3C[C@H]2C(=O)N[C@@H](CCN)C(=O)Nc2ccc(Cl)c(C)c2)CC1. The van der Waals surface area contributed by atoms with Crippen LogP contribution in [0.15, 0.2) is 42.5 Å². The third-order valence-corrected chi connectivity index (χ3v) is 7.99. The fourth-order valence-electron chi connectivity index (χ4n) is 5.15. The Morgan fingerprint density at radius 2 is 1.76 bits per heavy atom. The number of nitrogens with one attached hydrogen (secondary N) is 2. The molecule has 2 aliphatic heterocycles. The molecule has 2 atom stereocenters. The highest BCUT2D eigenvalue weighted by Gasteiger charge is 2.36. The van der Waals surface area contributed by atoms with E-state index in [0.717, 1.165) is 16.7 Å². The van der Waals surface area contributed by atoms with Crippen molar-refractivity contribution in [3.05, 3.63) is 64.2 Å². The summed E-state index contributed by atoms with van der Waals surface area (Å²) in [6.45, 7) is 0.962. The number of anilines is 1. The van der Waals surface area contributed by atoms with Crippen LogP contribution in [0.5, 0.6) is 0 Å². The second kappa shape index (κ2) is 13.9. The van der Waals surface area contributed by atoms with Gasteiger partial charge in [-0.3, -0.25) is 19.2 Å². The number of carbonyl (C=O) groups excluding carboxylic acids is 4. The van der Waals surface area contributed by atoms with Gasteiger partial charge in [-0.1, -0.05) is 35.9 Å². The maximum Gasteiger partial charge on any atom is 0.246 e. The molecule has 0 unspecified atom stereocenters. The lowest BCUT2D eigenvalue weighted by Gasteiger charge is -2.37. The van der Waals surface area contributed by atoms with Crippen LogP contribution in [0.4, 0.5) is 5.69 Å². The average molecular weight is 586 g/mol. The molecular weight excluding hydrogens is 544 g/mol. The first-order valence-electron chi connectivity index (χ1n) is 15.3. The number of hydrogen-bond donors (Lipinski definition) is 3. The van der Waals surface area contributed by atoms with E-state index in [1.165, 1.54) is 9.80 Å². The predicted octanol–water partition coefficient (Wildman–Crippen LogP) is 1.93. The van der Waals surface area contributed by atoms with Gasteiger partial charge in [0.1, 0.15) is 12.1 Å². The Kier molecular flexibility index (Phi) is 8.98. The molecule has 2 aromatic carbocycles. The number of carbonyl (C=O) groups is 4. The fourth-order valence-corrected chi connectivity index (χ4v) is 5.26. The second-order valence-corrected chi connectivity index (χ2v) is 10.9. The highest BCUT2D eigenvalue weighted by Crippen LogP contribution is 2.25. The van der Waals surface area contributed by atoms with Crippen molar-refractivity contribution in [1.29, 1.82) is 0 Å². The lowest BCUT2D eigenvalue weighted by Crippen LogP contribution is -2.56. The highest BCUT2D eigenvalue weighted by atomic mass is 35.5. The van der Waals surface area contributed by atoms with E-state index < -0.39 is 30.9 Å². The van der Waals surface area contributed by atoms with E-state index in [-0.39, 0.29) is 76.8 Å². The highest BCUT2D eigenvalue weighted by molar-refractivity contribution is 6.31. The van der Waals surface area contributed by atoms with Crippen LogP contribution in [-0.2, 0) is 32.1 Å². The number of halogens is 1. The zero-order valence-electron chi connectivity index (χ0n) is 26.2. The van der Waals surface area contributed by atoms with E-state index in [2.05, 4.69) is 10.6 Å². The summed E-state index contributed by atoms with van der Waals surface area (Å²) in [6.07, 6.45) is 0.280. The van der Waals surface area contributed by atoms with Gasteiger partial charge in [-0.15, -0.1) is 0 Å². The third kappa shape index (κ3) is 7.84. The van der Waals surface area contributed by atoms with E-state index in [1.807, 2.05) is 31.2 Å². The number of nitrogens with zero attached hydrogens (tertiary/aromatic N) is 3. The summed E-state index contributed by atoms with van der Waals surface area (Å²) >= 11 is 6.10. The number of fused-ring (bicyclic) bond motifs is 1.